The summed E-state index contributed by atoms with van der Waals surface area (Å²) >= 11 is 0. The zero-order valence-corrected chi connectivity index (χ0v) is 15.1. The van der Waals surface area contributed by atoms with Gasteiger partial charge in [-0.3, -0.25) is 14.6 Å². The van der Waals surface area contributed by atoms with Gasteiger partial charge in [-0.25, -0.2) is 4.79 Å². The summed E-state index contributed by atoms with van der Waals surface area (Å²) in [5.74, 6) is -1.63. The number of aliphatic hydroxyl groups is 1. The standard InChI is InChI=1S/C20H20N2O5/c1-10(23)19-9-11-8-18-12-5-3-4-6-13(12)21-16(18)20(25,17(24)26-2)14(19)7-15(18)22(11)27-19/h3-6,11,14-15,25H,7-9H2,1-2H3/t11-,14+,15+,18+,19+,20-/m0/s1. The second kappa shape index (κ2) is 4.48. The molecule has 1 N–H and O–H groups in total. The molecule has 0 unspecified atom stereocenters. The van der Waals surface area contributed by atoms with Gasteiger partial charge < -0.3 is 9.84 Å². The second-order valence-corrected chi connectivity index (χ2v) is 8.47. The second-order valence-electron chi connectivity index (χ2n) is 8.47. The van der Waals surface area contributed by atoms with Gasteiger partial charge in [-0.2, -0.15) is 5.06 Å². The van der Waals surface area contributed by atoms with Crippen LogP contribution in [0.15, 0.2) is 29.3 Å². The fraction of sp³-hybridized carbons (Fsp3) is 0.550. The van der Waals surface area contributed by atoms with Crippen LogP contribution in [0.4, 0.5) is 5.69 Å². The van der Waals surface area contributed by atoms with Crippen molar-refractivity contribution in [1.82, 2.24) is 5.06 Å². The molecule has 5 aliphatic rings. The average Bonchev–Trinajstić information content (AvgIpc) is 3.27. The summed E-state index contributed by atoms with van der Waals surface area (Å²) in [6.45, 7) is 1.48. The Bertz CT molecular complexity index is 955. The van der Waals surface area contributed by atoms with Crippen LogP contribution in [-0.2, 0) is 24.6 Å². The number of esters is 1. The van der Waals surface area contributed by atoms with Gasteiger partial charge in [0, 0.05) is 18.4 Å². The third-order valence-corrected chi connectivity index (χ3v) is 7.62. The van der Waals surface area contributed by atoms with Crippen LogP contribution < -0.4 is 0 Å². The topological polar surface area (TPSA) is 88.4 Å². The van der Waals surface area contributed by atoms with Crippen molar-refractivity contribution < 1.29 is 24.3 Å². The minimum Gasteiger partial charge on any atom is -0.467 e. The van der Waals surface area contributed by atoms with Crippen LogP contribution in [0.5, 0.6) is 0 Å². The number of hydrogen-bond donors (Lipinski definition) is 1. The lowest BCUT2D eigenvalue weighted by atomic mass is 9.51. The Morgan fingerprint density at radius 3 is 2.85 bits per heavy atom. The van der Waals surface area contributed by atoms with Gasteiger partial charge in [-0.15, -0.1) is 0 Å². The van der Waals surface area contributed by atoms with Gasteiger partial charge in [0.1, 0.15) is 0 Å². The molecule has 6 rings (SSSR count). The van der Waals surface area contributed by atoms with Crippen molar-refractivity contribution in [2.75, 3.05) is 7.11 Å². The fourth-order valence-corrected chi connectivity index (χ4v) is 6.66. The van der Waals surface area contributed by atoms with Crippen LogP contribution in [0, 0.1) is 5.92 Å². The Morgan fingerprint density at radius 1 is 1.33 bits per heavy atom. The van der Waals surface area contributed by atoms with Crippen molar-refractivity contribution >= 4 is 23.2 Å². The number of rotatable bonds is 2. The summed E-state index contributed by atoms with van der Waals surface area (Å²) < 4.78 is 5.03. The van der Waals surface area contributed by atoms with Crippen LogP contribution in [0.3, 0.4) is 0 Å². The van der Waals surface area contributed by atoms with Gasteiger partial charge in [0.05, 0.1) is 30.0 Å². The van der Waals surface area contributed by atoms with E-state index in [1.54, 1.807) is 0 Å². The molecule has 0 amide bonds. The number of Topliss-reactive ketones (excluding diaryl/α,β-unsaturated/α-hetero) is 1. The molecule has 3 saturated heterocycles. The molecule has 140 valence electrons. The van der Waals surface area contributed by atoms with Crippen LogP contribution in [0.25, 0.3) is 0 Å². The van der Waals surface area contributed by atoms with Crippen LogP contribution >= 0.6 is 0 Å². The van der Waals surface area contributed by atoms with E-state index in [2.05, 4.69) is 0 Å². The highest BCUT2D eigenvalue weighted by Gasteiger charge is 2.81. The molecule has 6 atom stereocenters. The molecule has 27 heavy (non-hydrogen) atoms. The lowest BCUT2D eigenvalue weighted by Gasteiger charge is -2.57. The van der Waals surface area contributed by atoms with Crippen molar-refractivity contribution in [3.05, 3.63) is 29.8 Å². The van der Waals surface area contributed by atoms with Gasteiger partial charge in [-0.05, 0) is 31.4 Å². The summed E-state index contributed by atoms with van der Waals surface area (Å²) in [6.07, 6.45) is 1.66. The minimum atomic E-state index is -1.97. The summed E-state index contributed by atoms with van der Waals surface area (Å²) in [7, 11) is 1.26. The number of carbonyl (C=O) groups excluding carboxylic acids is 2. The van der Waals surface area contributed by atoms with Crippen LogP contribution in [0.1, 0.15) is 31.7 Å². The molecule has 4 fully saturated rings. The average molecular weight is 368 g/mol. The number of ketones is 1. The maximum Gasteiger partial charge on any atom is 0.344 e. The third kappa shape index (κ3) is 1.42. The zero-order chi connectivity index (χ0) is 18.8. The Morgan fingerprint density at radius 2 is 2.11 bits per heavy atom. The molecule has 1 spiro atoms. The highest BCUT2D eigenvalue weighted by molar-refractivity contribution is 6.20. The molecule has 0 radical (unpaired) electrons. The Balaban J connectivity index is 1.68. The molecule has 4 aliphatic heterocycles. The van der Waals surface area contributed by atoms with E-state index >= 15 is 0 Å². The normalized spacial score (nSPS) is 45.4. The first-order valence-corrected chi connectivity index (χ1v) is 9.38. The van der Waals surface area contributed by atoms with E-state index < -0.39 is 28.5 Å². The van der Waals surface area contributed by atoms with Gasteiger partial charge >= 0.3 is 5.97 Å². The number of hydroxylamine groups is 2. The third-order valence-electron chi connectivity index (χ3n) is 7.62. The quantitative estimate of drug-likeness (QED) is 0.785. The number of aliphatic imine (C=N–C) groups is 1. The van der Waals surface area contributed by atoms with Crippen molar-refractivity contribution in [3.63, 3.8) is 0 Å². The van der Waals surface area contributed by atoms with Crippen molar-refractivity contribution in [1.29, 1.82) is 0 Å². The first-order valence-electron chi connectivity index (χ1n) is 9.38. The number of hydrogen-bond acceptors (Lipinski definition) is 7. The van der Waals surface area contributed by atoms with Gasteiger partial charge in [-0.1, -0.05) is 18.2 Å². The lowest BCUT2D eigenvalue weighted by Crippen LogP contribution is -2.75. The molecular weight excluding hydrogens is 348 g/mol. The van der Waals surface area contributed by atoms with E-state index in [0.29, 0.717) is 25.0 Å². The summed E-state index contributed by atoms with van der Waals surface area (Å²) in [4.78, 5) is 36.6. The highest BCUT2D eigenvalue weighted by Crippen LogP contribution is 2.68. The molecule has 4 heterocycles. The smallest absolute Gasteiger partial charge is 0.344 e. The van der Waals surface area contributed by atoms with Gasteiger partial charge in [0.15, 0.2) is 11.4 Å². The molecule has 0 aromatic heterocycles. The molecule has 1 aliphatic carbocycles. The predicted molar refractivity (Wildman–Crippen MR) is 93.4 cm³/mol. The number of fused-ring (bicyclic) bond motifs is 4. The van der Waals surface area contributed by atoms with Gasteiger partial charge in [0.2, 0.25) is 5.60 Å². The molecular formula is C20H20N2O5. The van der Waals surface area contributed by atoms with Crippen molar-refractivity contribution in [2.45, 2.75) is 54.9 Å². The van der Waals surface area contributed by atoms with E-state index in [1.807, 2.05) is 29.3 Å². The molecule has 1 aromatic rings. The number of carbonyl (C=O) groups is 2. The number of benzene rings is 1. The molecule has 7 heteroatoms. The Kier molecular flexibility index (Phi) is 2.64. The summed E-state index contributed by atoms with van der Waals surface area (Å²) in [5, 5.41) is 13.8. The molecule has 1 saturated carbocycles. The Hall–Kier alpha value is -2.09. The van der Waals surface area contributed by atoms with Gasteiger partial charge in [0.25, 0.3) is 0 Å². The van der Waals surface area contributed by atoms with Crippen LogP contribution in [0.2, 0.25) is 0 Å². The van der Waals surface area contributed by atoms with Crippen LogP contribution in [-0.4, -0.2) is 58.0 Å². The zero-order valence-electron chi connectivity index (χ0n) is 15.1. The van der Waals surface area contributed by atoms with Crippen molar-refractivity contribution in [3.8, 4) is 0 Å². The van der Waals surface area contributed by atoms with E-state index in [1.165, 1.54) is 14.0 Å². The maximum absolute atomic E-state index is 12.9. The summed E-state index contributed by atoms with van der Waals surface area (Å²) in [6, 6.07) is 7.82. The fourth-order valence-electron chi connectivity index (χ4n) is 6.66. The van der Waals surface area contributed by atoms with E-state index in [9.17, 15) is 14.7 Å². The highest BCUT2D eigenvalue weighted by atomic mass is 16.7. The Labute approximate surface area is 155 Å². The number of ether oxygens (including phenoxy) is 1. The first kappa shape index (κ1) is 15.9. The predicted octanol–water partition coefficient (Wildman–Crippen LogP) is 1.05. The first-order chi connectivity index (χ1) is 12.9. The SMILES string of the molecule is COC(=O)[C@@]1(O)C2=Nc3ccccc3[C@@]23C[C@H]2C[C@]4(C(C)=O)ON2[C@@H]3C[C@@H]14. The molecule has 7 nitrogen and oxygen atoms in total. The van der Waals surface area contributed by atoms with Crippen molar-refractivity contribution in [2.24, 2.45) is 10.9 Å². The number of nitrogens with zero attached hydrogens (tertiary/aromatic N) is 2. The largest absolute Gasteiger partial charge is 0.467 e. The van der Waals surface area contributed by atoms with E-state index in [-0.39, 0.29) is 17.9 Å². The maximum atomic E-state index is 12.9. The van der Waals surface area contributed by atoms with E-state index in [0.717, 1.165) is 11.3 Å². The molecule has 1 aromatic carbocycles. The number of para-hydroxylation sites is 1. The monoisotopic (exact) mass is 368 g/mol. The lowest BCUT2D eigenvalue weighted by molar-refractivity contribution is -0.280. The number of methoxy groups -OCH3 is 1. The summed E-state index contributed by atoms with van der Waals surface area (Å²) in [5.41, 5.74) is -1.52. The van der Waals surface area contributed by atoms with E-state index in [4.69, 9.17) is 14.6 Å². The molecule has 4 bridgehead atoms. The minimum absolute atomic E-state index is 0.0465.